The van der Waals surface area contributed by atoms with Crippen molar-refractivity contribution < 1.29 is 18.3 Å². The third kappa shape index (κ3) is 4.37. The zero-order chi connectivity index (χ0) is 13.9. The predicted octanol–water partition coefficient (Wildman–Crippen LogP) is 0.864. The van der Waals surface area contributed by atoms with Crippen molar-refractivity contribution in [2.45, 2.75) is 19.9 Å². The summed E-state index contributed by atoms with van der Waals surface area (Å²) in [7, 11) is -3.15. The molecule has 1 aromatic carbocycles. The van der Waals surface area contributed by atoms with Crippen LogP contribution in [0.2, 0.25) is 0 Å². The first-order chi connectivity index (χ1) is 8.19. The molecule has 6 heteroatoms. The number of carbonyl (C=O) groups excluding carboxylic acids is 1. The van der Waals surface area contributed by atoms with Gasteiger partial charge in [0.2, 0.25) is 0 Å². The van der Waals surface area contributed by atoms with Crippen LogP contribution in [0.25, 0.3) is 0 Å². The summed E-state index contributed by atoms with van der Waals surface area (Å²) in [5.74, 6) is -0.734. The van der Waals surface area contributed by atoms with E-state index in [0.717, 1.165) is 11.8 Å². The number of phenols is 1. The fourth-order valence-corrected chi connectivity index (χ4v) is 2.62. The largest absolute Gasteiger partial charge is 0.507 e. The highest BCUT2D eigenvalue weighted by atomic mass is 32.2. The van der Waals surface area contributed by atoms with Crippen LogP contribution in [0.5, 0.6) is 5.75 Å². The van der Waals surface area contributed by atoms with Crippen LogP contribution >= 0.6 is 0 Å². The molecule has 2 N–H and O–H groups in total. The minimum absolute atomic E-state index is 0.121. The Balaban J connectivity index is 2.80. The topological polar surface area (TPSA) is 83.5 Å². The number of benzene rings is 1. The Morgan fingerprint density at radius 1 is 1.44 bits per heavy atom. The molecule has 1 rings (SSSR count). The Kier molecular flexibility index (Phi) is 4.34. The lowest BCUT2D eigenvalue weighted by molar-refractivity contribution is 0.0941. The van der Waals surface area contributed by atoms with E-state index in [0.29, 0.717) is 0 Å². The van der Waals surface area contributed by atoms with Crippen molar-refractivity contribution in [2.75, 3.05) is 12.0 Å². The molecule has 18 heavy (non-hydrogen) atoms. The molecule has 0 aliphatic heterocycles. The van der Waals surface area contributed by atoms with Crippen molar-refractivity contribution in [3.05, 3.63) is 29.3 Å². The Hall–Kier alpha value is -1.56. The minimum Gasteiger partial charge on any atom is -0.507 e. The Bertz CT molecular complexity index is 551. The number of hydrogen-bond acceptors (Lipinski definition) is 4. The second kappa shape index (κ2) is 5.39. The molecule has 0 bridgehead atoms. The van der Waals surface area contributed by atoms with Gasteiger partial charge in [0.25, 0.3) is 5.91 Å². The van der Waals surface area contributed by atoms with Crippen molar-refractivity contribution in [2.24, 2.45) is 0 Å². The van der Waals surface area contributed by atoms with Crippen LogP contribution in [0.1, 0.15) is 22.8 Å². The summed E-state index contributed by atoms with van der Waals surface area (Å²) in [4.78, 5) is 11.8. The lowest BCUT2D eigenvalue weighted by atomic mass is 10.1. The fraction of sp³-hybridized carbons (Fsp3) is 0.417. The standard InChI is InChI=1S/C12H17NO4S/c1-8-4-5-11(14)10(6-8)12(15)13-9(2)7-18(3,16)17/h4-6,9,14H,7H2,1-3H3,(H,13,15). The van der Waals surface area contributed by atoms with Gasteiger partial charge < -0.3 is 10.4 Å². The van der Waals surface area contributed by atoms with Gasteiger partial charge in [-0.25, -0.2) is 8.42 Å². The number of carbonyl (C=O) groups is 1. The number of hydrogen-bond donors (Lipinski definition) is 2. The molecule has 1 aromatic rings. The monoisotopic (exact) mass is 271 g/mol. The van der Waals surface area contributed by atoms with Crippen LogP contribution in [-0.4, -0.2) is 37.5 Å². The first-order valence-corrected chi connectivity index (χ1v) is 7.53. The predicted molar refractivity (Wildman–Crippen MR) is 69.5 cm³/mol. The molecule has 0 heterocycles. The zero-order valence-electron chi connectivity index (χ0n) is 10.6. The molecule has 0 aliphatic rings. The number of sulfone groups is 1. The minimum atomic E-state index is -3.15. The molecular weight excluding hydrogens is 254 g/mol. The van der Waals surface area contributed by atoms with E-state index >= 15 is 0 Å². The van der Waals surface area contributed by atoms with Crippen LogP contribution in [0, 0.1) is 6.92 Å². The maximum atomic E-state index is 11.8. The van der Waals surface area contributed by atoms with Crippen molar-refractivity contribution in [3.63, 3.8) is 0 Å². The summed E-state index contributed by atoms with van der Waals surface area (Å²) in [6.07, 6.45) is 1.11. The summed E-state index contributed by atoms with van der Waals surface area (Å²) in [5, 5.41) is 12.1. The van der Waals surface area contributed by atoms with Gasteiger partial charge in [-0.05, 0) is 26.0 Å². The first-order valence-electron chi connectivity index (χ1n) is 5.47. The fourth-order valence-electron chi connectivity index (χ4n) is 1.63. The van der Waals surface area contributed by atoms with Crippen LogP contribution in [0.3, 0.4) is 0 Å². The highest BCUT2D eigenvalue weighted by Gasteiger charge is 2.16. The number of aryl methyl sites for hydroxylation is 1. The van der Waals surface area contributed by atoms with Crippen molar-refractivity contribution in [1.82, 2.24) is 5.32 Å². The lowest BCUT2D eigenvalue weighted by Gasteiger charge is -2.13. The van der Waals surface area contributed by atoms with Crippen molar-refractivity contribution in [1.29, 1.82) is 0 Å². The van der Waals surface area contributed by atoms with Gasteiger partial charge in [0.05, 0.1) is 11.3 Å². The summed E-state index contributed by atoms with van der Waals surface area (Å²) in [6.45, 7) is 3.40. The highest BCUT2D eigenvalue weighted by Crippen LogP contribution is 2.18. The second-order valence-electron chi connectivity index (χ2n) is 4.49. The molecule has 1 amide bonds. The van der Waals surface area contributed by atoms with Crippen LogP contribution in [-0.2, 0) is 9.84 Å². The second-order valence-corrected chi connectivity index (χ2v) is 6.67. The molecular formula is C12H17NO4S. The van der Waals surface area contributed by atoms with Gasteiger partial charge in [0.15, 0.2) is 0 Å². The average Bonchev–Trinajstić information content (AvgIpc) is 2.18. The van der Waals surface area contributed by atoms with Crippen LogP contribution in [0.4, 0.5) is 0 Å². The number of nitrogens with one attached hydrogen (secondary N) is 1. The first kappa shape index (κ1) is 14.5. The van der Waals surface area contributed by atoms with E-state index in [9.17, 15) is 18.3 Å². The third-order valence-electron chi connectivity index (χ3n) is 2.33. The number of phenolic OH excluding ortho intramolecular Hbond substituents is 1. The molecule has 5 nitrogen and oxygen atoms in total. The van der Waals surface area contributed by atoms with Crippen molar-refractivity contribution >= 4 is 15.7 Å². The molecule has 1 unspecified atom stereocenters. The lowest BCUT2D eigenvalue weighted by Crippen LogP contribution is -2.37. The van der Waals surface area contributed by atoms with Gasteiger partial charge in [-0.1, -0.05) is 11.6 Å². The maximum Gasteiger partial charge on any atom is 0.255 e. The maximum absolute atomic E-state index is 11.8. The van der Waals surface area contributed by atoms with Crippen LogP contribution in [0.15, 0.2) is 18.2 Å². The molecule has 0 aliphatic carbocycles. The van der Waals surface area contributed by atoms with E-state index in [1.165, 1.54) is 6.07 Å². The number of amides is 1. The molecule has 0 aromatic heterocycles. The number of aromatic hydroxyl groups is 1. The Morgan fingerprint density at radius 3 is 2.61 bits per heavy atom. The van der Waals surface area contributed by atoms with Gasteiger partial charge in [-0.2, -0.15) is 0 Å². The number of rotatable bonds is 4. The summed E-state index contributed by atoms with van der Waals surface area (Å²) >= 11 is 0. The molecule has 0 radical (unpaired) electrons. The molecule has 0 fully saturated rings. The average molecular weight is 271 g/mol. The Labute approximate surface area is 107 Å². The van der Waals surface area contributed by atoms with E-state index in [4.69, 9.17) is 0 Å². The highest BCUT2D eigenvalue weighted by molar-refractivity contribution is 7.90. The van der Waals surface area contributed by atoms with Gasteiger partial charge in [-0.15, -0.1) is 0 Å². The molecule has 100 valence electrons. The smallest absolute Gasteiger partial charge is 0.255 e. The third-order valence-corrected chi connectivity index (χ3v) is 3.43. The normalized spacial score (nSPS) is 13.1. The molecule has 0 saturated carbocycles. The van der Waals surface area contributed by atoms with Crippen LogP contribution < -0.4 is 5.32 Å². The Morgan fingerprint density at radius 2 is 2.06 bits per heavy atom. The summed E-state index contributed by atoms with van der Waals surface area (Å²) in [6, 6.07) is 4.17. The quantitative estimate of drug-likeness (QED) is 0.851. The van der Waals surface area contributed by atoms with E-state index in [2.05, 4.69) is 5.32 Å². The van der Waals surface area contributed by atoms with Gasteiger partial charge in [0, 0.05) is 12.3 Å². The van der Waals surface area contributed by atoms with Gasteiger partial charge >= 0.3 is 0 Å². The van der Waals surface area contributed by atoms with Gasteiger partial charge in [0.1, 0.15) is 15.6 Å². The molecule has 0 spiro atoms. The van der Waals surface area contributed by atoms with Crippen molar-refractivity contribution in [3.8, 4) is 5.75 Å². The molecule has 1 atom stereocenters. The van der Waals surface area contributed by atoms with E-state index in [1.807, 2.05) is 0 Å². The summed E-state index contributed by atoms with van der Waals surface area (Å²) in [5.41, 5.74) is 0.990. The van der Waals surface area contributed by atoms with E-state index in [-0.39, 0.29) is 17.1 Å². The molecule has 0 saturated heterocycles. The summed E-state index contributed by atoms with van der Waals surface area (Å²) < 4.78 is 22.2. The zero-order valence-corrected chi connectivity index (χ0v) is 11.4. The van der Waals surface area contributed by atoms with E-state index in [1.54, 1.807) is 26.0 Å². The van der Waals surface area contributed by atoms with E-state index < -0.39 is 21.8 Å². The SMILES string of the molecule is Cc1ccc(O)c(C(=O)NC(C)CS(C)(=O)=O)c1. The van der Waals surface area contributed by atoms with Gasteiger partial charge in [-0.3, -0.25) is 4.79 Å².